The molecule has 4 nitrogen and oxygen atoms in total. The molecule has 1 heterocycles. The average Bonchev–Trinajstić information content (AvgIpc) is 2.32. The van der Waals surface area contributed by atoms with Gasteiger partial charge in [0.05, 0.1) is 11.0 Å². The summed E-state index contributed by atoms with van der Waals surface area (Å²) in [6.45, 7) is 4.04. The maximum Gasteiger partial charge on any atom is 0.240 e. The van der Waals surface area contributed by atoms with Crippen molar-refractivity contribution < 1.29 is 17.5 Å². The summed E-state index contributed by atoms with van der Waals surface area (Å²) in [5.41, 5.74) is 0.429. The van der Waals surface area contributed by atoms with Gasteiger partial charge in [-0.1, -0.05) is 6.07 Å². The van der Waals surface area contributed by atoms with E-state index in [2.05, 4.69) is 4.72 Å². The molecule has 1 saturated heterocycles. The van der Waals surface area contributed by atoms with Crippen molar-refractivity contribution in [3.63, 3.8) is 0 Å². The van der Waals surface area contributed by atoms with Crippen molar-refractivity contribution in [1.82, 2.24) is 4.72 Å². The summed E-state index contributed by atoms with van der Waals surface area (Å²) in [5.74, 6) is -0.511. The number of hydrogen-bond donors (Lipinski definition) is 1. The molecular formula is C13H18FNO3S. The fraction of sp³-hybridized carbons (Fsp3) is 0.538. The standard InChI is InChI=1S/C13H18FNO3S/c1-9-3-4-12(8-13(9)14)19(16,17)15-11-5-6-18-10(2)7-11/h3-4,8,10-11,15H,5-7H2,1-2H3. The number of ether oxygens (including phenoxy) is 1. The first-order chi connectivity index (χ1) is 8.88. The third-order valence-electron chi connectivity index (χ3n) is 3.26. The Morgan fingerprint density at radius 2 is 2.16 bits per heavy atom. The second kappa shape index (κ2) is 5.56. The third-order valence-corrected chi connectivity index (χ3v) is 4.78. The first-order valence-electron chi connectivity index (χ1n) is 6.28. The normalized spacial score (nSPS) is 24.4. The van der Waals surface area contributed by atoms with E-state index in [0.717, 1.165) is 6.07 Å². The van der Waals surface area contributed by atoms with Crippen LogP contribution in [0.25, 0.3) is 0 Å². The summed E-state index contributed by atoms with van der Waals surface area (Å²) in [4.78, 5) is -0.0326. The van der Waals surface area contributed by atoms with Gasteiger partial charge in [0.25, 0.3) is 0 Å². The molecule has 1 aliphatic heterocycles. The van der Waals surface area contributed by atoms with Gasteiger partial charge in [0, 0.05) is 12.6 Å². The van der Waals surface area contributed by atoms with Gasteiger partial charge in [-0.25, -0.2) is 17.5 Å². The van der Waals surface area contributed by atoms with Gasteiger partial charge in [-0.15, -0.1) is 0 Å². The highest BCUT2D eigenvalue weighted by molar-refractivity contribution is 7.89. The SMILES string of the molecule is Cc1ccc(S(=O)(=O)NC2CCOC(C)C2)cc1F. The highest BCUT2D eigenvalue weighted by Gasteiger charge is 2.25. The molecule has 19 heavy (non-hydrogen) atoms. The molecule has 0 radical (unpaired) electrons. The second-order valence-electron chi connectivity index (χ2n) is 4.93. The summed E-state index contributed by atoms with van der Waals surface area (Å²) < 4.78 is 45.7. The lowest BCUT2D eigenvalue weighted by Gasteiger charge is -2.27. The zero-order valence-corrected chi connectivity index (χ0v) is 11.8. The van der Waals surface area contributed by atoms with Crippen LogP contribution in [0.2, 0.25) is 0 Å². The number of nitrogens with one attached hydrogen (secondary N) is 1. The van der Waals surface area contributed by atoms with Gasteiger partial charge < -0.3 is 4.74 Å². The minimum atomic E-state index is -3.67. The van der Waals surface area contributed by atoms with Crippen molar-refractivity contribution in [3.05, 3.63) is 29.6 Å². The summed E-state index contributed by atoms with van der Waals surface area (Å²) in [6.07, 6.45) is 1.31. The molecule has 1 aromatic rings. The van der Waals surface area contributed by atoms with Gasteiger partial charge in [0.2, 0.25) is 10.0 Å². The van der Waals surface area contributed by atoms with Crippen LogP contribution in [0.3, 0.4) is 0 Å². The molecule has 0 amide bonds. The largest absolute Gasteiger partial charge is 0.378 e. The van der Waals surface area contributed by atoms with Crippen molar-refractivity contribution in [2.24, 2.45) is 0 Å². The molecule has 0 aliphatic carbocycles. The fourth-order valence-electron chi connectivity index (χ4n) is 2.13. The lowest BCUT2D eigenvalue weighted by molar-refractivity contribution is 0.0173. The Labute approximate surface area is 113 Å². The molecule has 1 fully saturated rings. The molecular weight excluding hydrogens is 269 g/mol. The Morgan fingerprint density at radius 3 is 2.79 bits per heavy atom. The smallest absolute Gasteiger partial charge is 0.240 e. The van der Waals surface area contributed by atoms with E-state index in [9.17, 15) is 12.8 Å². The van der Waals surface area contributed by atoms with Crippen molar-refractivity contribution in [1.29, 1.82) is 0 Å². The lowest BCUT2D eigenvalue weighted by Crippen LogP contribution is -2.41. The number of rotatable bonds is 3. The Hall–Kier alpha value is -0.980. The summed E-state index contributed by atoms with van der Waals surface area (Å²) in [5, 5.41) is 0. The van der Waals surface area contributed by atoms with E-state index in [1.165, 1.54) is 12.1 Å². The molecule has 2 atom stereocenters. The Balaban J connectivity index is 2.15. The average molecular weight is 287 g/mol. The van der Waals surface area contributed by atoms with Crippen LogP contribution in [0.5, 0.6) is 0 Å². The summed E-state index contributed by atoms with van der Waals surface area (Å²) in [7, 11) is -3.67. The molecule has 0 saturated carbocycles. The zero-order valence-electron chi connectivity index (χ0n) is 11.0. The van der Waals surface area contributed by atoms with Gasteiger partial charge in [0.15, 0.2) is 0 Å². The number of hydrogen-bond acceptors (Lipinski definition) is 3. The molecule has 0 spiro atoms. The van der Waals surface area contributed by atoms with Crippen molar-refractivity contribution >= 4 is 10.0 Å². The molecule has 1 aliphatic rings. The van der Waals surface area contributed by atoms with Crippen molar-refractivity contribution in [2.45, 2.75) is 43.7 Å². The molecule has 6 heteroatoms. The molecule has 0 bridgehead atoms. The van der Waals surface area contributed by atoms with E-state index in [4.69, 9.17) is 4.74 Å². The minimum Gasteiger partial charge on any atom is -0.378 e. The molecule has 106 valence electrons. The van der Waals surface area contributed by atoms with Crippen LogP contribution in [0, 0.1) is 12.7 Å². The molecule has 2 unspecified atom stereocenters. The summed E-state index contributed by atoms with van der Waals surface area (Å²) >= 11 is 0. The highest BCUT2D eigenvalue weighted by atomic mass is 32.2. The monoisotopic (exact) mass is 287 g/mol. The van der Waals surface area contributed by atoms with Crippen LogP contribution in [-0.4, -0.2) is 27.2 Å². The first kappa shape index (κ1) is 14.4. The number of benzene rings is 1. The van der Waals surface area contributed by atoms with Crippen LogP contribution >= 0.6 is 0 Å². The van der Waals surface area contributed by atoms with Crippen LogP contribution in [-0.2, 0) is 14.8 Å². The van der Waals surface area contributed by atoms with E-state index in [1.54, 1.807) is 6.92 Å². The third kappa shape index (κ3) is 3.52. The quantitative estimate of drug-likeness (QED) is 0.925. The van der Waals surface area contributed by atoms with Gasteiger partial charge in [-0.3, -0.25) is 0 Å². The summed E-state index contributed by atoms with van der Waals surface area (Å²) in [6, 6.07) is 3.79. The molecule has 1 aromatic carbocycles. The maximum atomic E-state index is 13.4. The fourth-order valence-corrected chi connectivity index (χ4v) is 3.43. The minimum absolute atomic E-state index is 0.0326. The molecule has 2 rings (SSSR count). The van der Waals surface area contributed by atoms with Crippen LogP contribution in [0.4, 0.5) is 4.39 Å². The van der Waals surface area contributed by atoms with E-state index in [1.807, 2.05) is 6.92 Å². The van der Waals surface area contributed by atoms with Crippen molar-refractivity contribution in [3.8, 4) is 0 Å². The molecule has 0 aromatic heterocycles. The Bertz CT molecular complexity index is 559. The van der Waals surface area contributed by atoms with E-state index >= 15 is 0 Å². The van der Waals surface area contributed by atoms with Gasteiger partial charge in [0.1, 0.15) is 5.82 Å². The van der Waals surface area contributed by atoms with Crippen LogP contribution in [0.15, 0.2) is 23.1 Å². The van der Waals surface area contributed by atoms with E-state index in [0.29, 0.717) is 25.0 Å². The van der Waals surface area contributed by atoms with Gasteiger partial charge >= 0.3 is 0 Å². The van der Waals surface area contributed by atoms with Gasteiger partial charge in [-0.05, 0) is 44.4 Å². The Kier molecular flexibility index (Phi) is 4.23. The van der Waals surface area contributed by atoms with Crippen molar-refractivity contribution in [2.75, 3.05) is 6.61 Å². The molecule has 1 N–H and O–H groups in total. The lowest BCUT2D eigenvalue weighted by atomic mass is 10.1. The van der Waals surface area contributed by atoms with Crippen LogP contribution < -0.4 is 4.72 Å². The predicted molar refractivity (Wildman–Crippen MR) is 69.9 cm³/mol. The first-order valence-corrected chi connectivity index (χ1v) is 7.77. The second-order valence-corrected chi connectivity index (χ2v) is 6.65. The maximum absolute atomic E-state index is 13.4. The van der Waals surface area contributed by atoms with E-state index < -0.39 is 15.8 Å². The van der Waals surface area contributed by atoms with Gasteiger partial charge in [-0.2, -0.15) is 0 Å². The van der Waals surface area contributed by atoms with E-state index in [-0.39, 0.29) is 17.0 Å². The highest BCUT2D eigenvalue weighted by Crippen LogP contribution is 2.18. The topological polar surface area (TPSA) is 55.4 Å². The predicted octanol–water partition coefficient (Wildman–Crippen LogP) is 1.98. The Morgan fingerprint density at radius 1 is 1.42 bits per heavy atom. The number of halogens is 1. The number of sulfonamides is 1. The number of aryl methyl sites for hydroxylation is 1. The van der Waals surface area contributed by atoms with Crippen LogP contribution in [0.1, 0.15) is 25.3 Å². The zero-order chi connectivity index (χ0) is 14.0.